The Labute approximate surface area is 144 Å². The number of benzene rings is 1. The average molecular weight is 338 g/mol. The van der Waals surface area contributed by atoms with Gasteiger partial charge in [-0.3, -0.25) is 0 Å². The molecule has 25 heavy (non-hydrogen) atoms. The first-order chi connectivity index (χ1) is 12.2. The molecule has 0 unspecified atom stereocenters. The molecule has 1 aromatic carbocycles. The number of anilines is 1. The molecule has 3 N–H and O–H groups in total. The Morgan fingerprint density at radius 1 is 1.32 bits per heavy atom. The molecule has 0 spiro atoms. The van der Waals surface area contributed by atoms with E-state index in [0.717, 1.165) is 16.6 Å². The van der Waals surface area contributed by atoms with Gasteiger partial charge < -0.3 is 20.2 Å². The van der Waals surface area contributed by atoms with Gasteiger partial charge in [-0.15, -0.1) is 10.2 Å². The molecule has 0 atom stereocenters. The smallest absolute Gasteiger partial charge is 0.330 e. The van der Waals surface area contributed by atoms with Gasteiger partial charge >= 0.3 is 5.97 Å². The van der Waals surface area contributed by atoms with E-state index in [-0.39, 0.29) is 5.82 Å². The summed E-state index contributed by atoms with van der Waals surface area (Å²) >= 11 is 0. The van der Waals surface area contributed by atoms with Crippen molar-refractivity contribution < 1.29 is 14.3 Å². The number of nitrogens with zero attached hydrogens (tertiary/aromatic N) is 2. The molecule has 3 aromatic rings. The number of ether oxygens (including phenoxy) is 2. The van der Waals surface area contributed by atoms with E-state index >= 15 is 0 Å². The van der Waals surface area contributed by atoms with Gasteiger partial charge in [0.25, 0.3) is 0 Å². The minimum Gasteiger partial charge on any atom is -0.496 e. The summed E-state index contributed by atoms with van der Waals surface area (Å²) in [6.45, 7) is 2.08. The highest BCUT2D eigenvalue weighted by molar-refractivity contribution is 6.04. The van der Waals surface area contributed by atoms with Gasteiger partial charge in [-0.1, -0.05) is 12.1 Å². The van der Waals surface area contributed by atoms with Gasteiger partial charge in [-0.2, -0.15) is 0 Å². The number of nitrogens with one attached hydrogen (secondary N) is 1. The fraction of sp³-hybridized carbons (Fsp3) is 0.167. The highest BCUT2D eigenvalue weighted by Crippen LogP contribution is 2.35. The zero-order valence-electron chi connectivity index (χ0n) is 13.9. The van der Waals surface area contributed by atoms with Crippen LogP contribution in [0.15, 0.2) is 36.5 Å². The summed E-state index contributed by atoms with van der Waals surface area (Å²) in [4.78, 5) is 14.7. The molecule has 2 heterocycles. The molecule has 0 bridgehead atoms. The van der Waals surface area contributed by atoms with Crippen molar-refractivity contribution in [3.63, 3.8) is 0 Å². The lowest BCUT2D eigenvalue weighted by Gasteiger charge is -2.08. The fourth-order valence-corrected chi connectivity index (χ4v) is 2.61. The van der Waals surface area contributed by atoms with Crippen LogP contribution in [-0.2, 0) is 9.53 Å². The van der Waals surface area contributed by atoms with Gasteiger partial charge in [0, 0.05) is 23.4 Å². The van der Waals surface area contributed by atoms with Gasteiger partial charge in [0.05, 0.1) is 24.6 Å². The van der Waals surface area contributed by atoms with Crippen molar-refractivity contribution in [3.8, 4) is 17.0 Å². The van der Waals surface area contributed by atoms with Crippen LogP contribution in [0.4, 0.5) is 5.82 Å². The molecule has 0 aliphatic rings. The third-order valence-electron chi connectivity index (χ3n) is 3.71. The zero-order chi connectivity index (χ0) is 17.8. The monoisotopic (exact) mass is 338 g/mol. The van der Waals surface area contributed by atoms with Crippen molar-refractivity contribution in [2.45, 2.75) is 6.92 Å². The Bertz CT molecular complexity index is 947. The maximum atomic E-state index is 11.5. The highest BCUT2D eigenvalue weighted by atomic mass is 16.5. The number of nitrogens with two attached hydrogens (primary N) is 1. The summed E-state index contributed by atoms with van der Waals surface area (Å²) in [5.41, 5.74) is 8.88. The van der Waals surface area contributed by atoms with Crippen LogP contribution in [0.25, 0.3) is 28.2 Å². The second-order valence-electron chi connectivity index (χ2n) is 5.21. The zero-order valence-corrected chi connectivity index (χ0v) is 13.9. The lowest BCUT2D eigenvalue weighted by atomic mass is 10.1. The summed E-state index contributed by atoms with van der Waals surface area (Å²) in [6, 6.07) is 7.52. The third kappa shape index (κ3) is 3.16. The standard InChI is InChI=1S/C18H18N4O3/c1-3-25-14(23)9-8-11-10-20-17-15(11)18(19)22-21-16(17)12-6-4-5-7-13(12)24-2/h4-10,20H,3H2,1-2H3,(H2,19,22)/b9-8+. The predicted molar refractivity (Wildman–Crippen MR) is 96.0 cm³/mol. The van der Waals surface area contributed by atoms with Crippen molar-refractivity contribution in [3.05, 3.63) is 42.1 Å². The number of esters is 1. The van der Waals surface area contributed by atoms with E-state index in [1.165, 1.54) is 6.08 Å². The molecule has 0 aliphatic heterocycles. The molecule has 0 radical (unpaired) electrons. The number of hydrogen-bond donors (Lipinski definition) is 2. The van der Waals surface area contributed by atoms with Crippen LogP contribution in [0.1, 0.15) is 12.5 Å². The van der Waals surface area contributed by atoms with E-state index in [9.17, 15) is 4.79 Å². The topological polar surface area (TPSA) is 103 Å². The third-order valence-corrected chi connectivity index (χ3v) is 3.71. The Balaban J connectivity index is 2.12. The largest absolute Gasteiger partial charge is 0.496 e. The molecule has 0 fully saturated rings. The number of aromatic nitrogens is 3. The molecule has 0 saturated heterocycles. The van der Waals surface area contributed by atoms with Gasteiger partial charge in [-0.05, 0) is 25.1 Å². The van der Waals surface area contributed by atoms with E-state index in [0.29, 0.717) is 23.4 Å². The Morgan fingerprint density at radius 3 is 2.88 bits per heavy atom. The lowest BCUT2D eigenvalue weighted by Crippen LogP contribution is -1.99. The van der Waals surface area contributed by atoms with Crippen LogP contribution in [0.3, 0.4) is 0 Å². The number of methoxy groups -OCH3 is 1. The highest BCUT2D eigenvalue weighted by Gasteiger charge is 2.16. The normalized spacial score (nSPS) is 11.1. The summed E-state index contributed by atoms with van der Waals surface area (Å²) in [5.74, 6) is 0.543. The number of carbonyl (C=O) groups excluding carboxylic acids is 1. The number of fused-ring (bicyclic) bond motifs is 1. The maximum absolute atomic E-state index is 11.5. The molecule has 0 saturated carbocycles. The minimum atomic E-state index is -0.414. The van der Waals surface area contributed by atoms with Crippen LogP contribution < -0.4 is 10.5 Å². The second-order valence-corrected chi connectivity index (χ2v) is 5.21. The van der Waals surface area contributed by atoms with Gasteiger partial charge in [0.1, 0.15) is 11.4 Å². The van der Waals surface area contributed by atoms with Crippen LogP contribution >= 0.6 is 0 Å². The van der Waals surface area contributed by atoms with Crippen molar-refractivity contribution >= 4 is 28.8 Å². The number of nitrogen functional groups attached to an aromatic ring is 1. The van der Waals surface area contributed by atoms with Crippen LogP contribution in [0.5, 0.6) is 5.75 Å². The number of hydrogen-bond acceptors (Lipinski definition) is 6. The summed E-state index contributed by atoms with van der Waals surface area (Å²) < 4.78 is 10.3. The van der Waals surface area contributed by atoms with E-state index in [1.54, 1.807) is 26.3 Å². The first-order valence-corrected chi connectivity index (χ1v) is 7.77. The Kier molecular flexibility index (Phi) is 4.65. The average Bonchev–Trinajstić information content (AvgIpc) is 3.05. The molecule has 0 amide bonds. The summed E-state index contributed by atoms with van der Waals surface area (Å²) in [7, 11) is 1.60. The Morgan fingerprint density at radius 2 is 2.12 bits per heavy atom. The molecule has 7 heteroatoms. The van der Waals surface area contributed by atoms with E-state index in [1.807, 2.05) is 24.3 Å². The van der Waals surface area contributed by atoms with E-state index in [2.05, 4.69) is 15.2 Å². The lowest BCUT2D eigenvalue weighted by molar-refractivity contribution is -0.137. The number of rotatable bonds is 5. The van der Waals surface area contributed by atoms with E-state index in [4.69, 9.17) is 15.2 Å². The number of para-hydroxylation sites is 1. The number of aromatic amines is 1. The molecular weight excluding hydrogens is 320 g/mol. The first-order valence-electron chi connectivity index (χ1n) is 7.77. The SMILES string of the molecule is CCOC(=O)/C=C/c1c[nH]c2c(-c3ccccc3OC)nnc(N)c12. The number of H-pyrrole nitrogens is 1. The van der Waals surface area contributed by atoms with Gasteiger partial charge in [0.15, 0.2) is 5.82 Å². The minimum absolute atomic E-state index is 0.276. The predicted octanol–water partition coefficient (Wildman–Crippen LogP) is 2.79. The van der Waals surface area contributed by atoms with Crippen LogP contribution in [-0.4, -0.2) is 34.9 Å². The number of carbonyl (C=O) groups is 1. The van der Waals surface area contributed by atoms with Crippen molar-refractivity contribution in [2.24, 2.45) is 0 Å². The van der Waals surface area contributed by atoms with E-state index < -0.39 is 5.97 Å². The van der Waals surface area contributed by atoms with Crippen molar-refractivity contribution in [1.82, 2.24) is 15.2 Å². The summed E-state index contributed by atoms with van der Waals surface area (Å²) in [5, 5.41) is 8.97. The maximum Gasteiger partial charge on any atom is 0.330 e. The molecule has 128 valence electrons. The fourth-order valence-electron chi connectivity index (χ4n) is 2.61. The van der Waals surface area contributed by atoms with Gasteiger partial charge in [-0.25, -0.2) is 4.79 Å². The molecule has 2 aromatic heterocycles. The van der Waals surface area contributed by atoms with Crippen molar-refractivity contribution in [2.75, 3.05) is 19.5 Å². The first kappa shape index (κ1) is 16.5. The molecule has 7 nitrogen and oxygen atoms in total. The van der Waals surface area contributed by atoms with Crippen molar-refractivity contribution in [1.29, 1.82) is 0 Å². The molecular formula is C18H18N4O3. The van der Waals surface area contributed by atoms with Gasteiger partial charge in [0.2, 0.25) is 0 Å². The molecule has 0 aliphatic carbocycles. The summed E-state index contributed by atoms with van der Waals surface area (Å²) in [6.07, 6.45) is 4.74. The van der Waals surface area contributed by atoms with Crippen LogP contribution in [0, 0.1) is 0 Å². The Hall–Kier alpha value is -3.35. The second kappa shape index (κ2) is 7.04. The molecule has 3 rings (SSSR count). The quantitative estimate of drug-likeness (QED) is 0.548. The van der Waals surface area contributed by atoms with Crippen LogP contribution in [0.2, 0.25) is 0 Å².